The molecule has 0 aromatic heterocycles. The Bertz CT molecular complexity index is 1800. The van der Waals surface area contributed by atoms with Gasteiger partial charge in [-0.2, -0.15) is 0 Å². The van der Waals surface area contributed by atoms with Crippen molar-refractivity contribution in [3.05, 3.63) is 179 Å². The average Bonchev–Trinajstić information content (AvgIpc) is 3.25. The Morgan fingerprint density at radius 3 is 1.36 bits per heavy atom. The minimum Gasteiger partial charge on any atom is -1.00 e. The number of primary amides is 1. The number of quaternary nitrogens is 1. The maximum Gasteiger partial charge on any atom is 0.232 e. The lowest BCUT2D eigenvalue weighted by atomic mass is 9.71. The first-order chi connectivity index (χ1) is 27.8. The van der Waals surface area contributed by atoms with Gasteiger partial charge in [-0.1, -0.05) is 152 Å². The lowest BCUT2D eigenvalue weighted by Gasteiger charge is -2.45. The van der Waals surface area contributed by atoms with Crippen molar-refractivity contribution in [2.24, 2.45) is 11.5 Å². The van der Waals surface area contributed by atoms with Gasteiger partial charge in [0.15, 0.2) is 0 Å². The van der Waals surface area contributed by atoms with E-state index in [0.29, 0.717) is 24.6 Å². The number of hydrogen-bond donors (Lipinski definition) is 3. The number of piperidine rings is 1. The average molecular weight is 986 g/mol. The van der Waals surface area contributed by atoms with Crippen molar-refractivity contribution in [2.75, 3.05) is 33.7 Å². The van der Waals surface area contributed by atoms with Crippen LogP contribution in [0.15, 0.2) is 152 Å². The van der Waals surface area contributed by atoms with Crippen molar-refractivity contribution in [1.82, 2.24) is 4.90 Å². The summed E-state index contributed by atoms with van der Waals surface area (Å²) in [5.74, 6) is -0.283. The molecule has 0 saturated carbocycles. The first-order valence-electron chi connectivity index (χ1n) is 21.0. The molecule has 5 aromatic carbocycles. The van der Waals surface area contributed by atoms with Gasteiger partial charge in [0, 0.05) is 25.6 Å². The quantitative estimate of drug-likeness (QED) is 0.0830. The number of aliphatic hydroxyl groups excluding tert-OH is 1. The molecule has 0 bridgehead atoms. The Kier molecular flexibility index (Phi) is 25.3. The number of aliphatic hydroxyl groups is 1. The molecule has 61 heavy (non-hydrogen) atoms. The fraction of sp³-hybridized carbons (Fsp3) is 0.392. The molecule has 5 N–H and O–H groups in total. The molecular weight excluding hydrogens is 914 g/mol. The minimum absolute atomic E-state index is 0. The van der Waals surface area contributed by atoms with E-state index < -0.39 is 11.5 Å². The number of hydrogen-bond acceptors (Lipinski definition) is 5. The topological polar surface area (TPSA) is 102 Å². The van der Waals surface area contributed by atoms with E-state index in [4.69, 9.17) is 16.2 Å². The highest BCUT2D eigenvalue weighted by Gasteiger charge is 2.43. The molecule has 7 nitrogen and oxygen atoms in total. The Labute approximate surface area is 396 Å². The van der Waals surface area contributed by atoms with Gasteiger partial charge in [-0.3, -0.25) is 4.79 Å². The van der Waals surface area contributed by atoms with Crippen LogP contribution in [-0.4, -0.2) is 78.4 Å². The molecular formula is C51H71Cl2IN4O3. The van der Waals surface area contributed by atoms with Gasteiger partial charge in [0.05, 0.1) is 37.9 Å². The Hall–Kier alpha value is -3.32. The van der Waals surface area contributed by atoms with Gasteiger partial charge in [0.1, 0.15) is 11.5 Å². The highest BCUT2D eigenvalue weighted by atomic mass is 127. The number of nitrogens with zero attached hydrogens (tertiary/aromatic N) is 2. The van der Waals surface area contributed by atoms with Crippen molar-refractivity contribution in [1.29, 1.82) is 0 Å². The zero-order valence-corrected chi connectivity index (χ0v) is 40.9. The van der Waals surface area contributed by atoms with Gasteiger partial charge in [-0.25, -0.2) is 0 Å². The summed E-state index contributed by atoms with van der Waals surface area (Å²) in [5.41, 5.74) is 16.1. The smallest absolute Gasteiger partial charge is 0.232 e. The predicted octanol–water partition coefficient (Wildman–Crippen LogP) is 6.91. The van der Waals surface area contributed by atoms with Crippen LogP contribution in [0.3, 0.4) is 0 Å². The van der Waals surface area contributed by atoms with Gasteiger partial charge in [0.25, 0.3) is 0 Å². The molecule has 0 radical (unpaired) electrons. The molecule has 0 unspecified atom stereocenters. The number of benzene rings is 5. The molecule has 1 fully saturated rings. The Morgan fingerprint density at radius 2 is 1.03 bits per heavy atom. The van der Waals surface area contributed by atoms with E-state index in [-0.39, 0.29) is 66.8 Å². The summed E-state index contributed by atoms with van der Waals surface area (Å²) in [6.07, 6.45) is 2.77. The molecule has 1 aliphatic rings. The van der Waals surface area contributed by atoms with Crippen LogP contribution in [0.1, 0.15) is 93.9 Å². The number of carbonyl (C=O) groups excluding carboxylic acids is 1. The standard InChI is InChI=1S/C23H32N2O.C19H23NO.C9H13NO.2ClH.HI/c1-18(2)25(5,19(3)4)17-16-23(22(24)26,20-12-8-6-9-13-20)21-14-10-7-11-15-21;1-20-14-12-18(13-15-20)21-19(16-8-4-2-5-9-16)17-10-6-3-7-11-17;1-7(10)9(11)8-5-3-2-4-6-8;;;/h6-15,18-19H,16-17H2,1-5H3,(H-,24,26);2-11,18-19H,12-15H2,1H3;2-7,9,11H,10H2,1H3;3*1H/t;;7-,9-;;;/m..0.../s1. The van der Waals surface area contributed by atoms with Crippen LogP contribution in [0, 0.1) is 0 Å². The van der Waals surface area contributed by atoms with Crippen molar-refractivity contribution < 1.29 is 43.1 Å². The van der Waals surface area contributed by atoms with E-state index >= 15 is 0 Å². The largest absolute Gasteiger partial charge is 1.00 e. The number of amides is 1. The maximum atomic E-state index is 12.9. The number of ether oxygens (including phenoxy) is 1. The lowest BCUT2D eigenvalue weighted by Crippen LogP contribution is -3.00. The molecule has 10 heteroatoms. The molecule has 0 spiro atoms. The van der Waals surface area contributed by atoms with E-state index in [1.165, 1.54) is 11.1 Å². The third kappa shape index (κ3) is 15.8. The molecule has 334 valence electrons. The highest BCUT2D eigenvalue weighted by Crippen LogP contribution is 2.37. The van der Waals surface area contributed by atoms with Crippen molar-refractivity contribution in [2.45, 2.75) is 95.7 Å². The molecule has 5 aromatic rings. The van der Waals surface area contributed by atoms with Gasteiger partial charge in [-0.05, 0) is 82.3 Å². The van der Waals surface area contributed by atoms with Crippen LogP contribution in [0.4, 0.5) is 0 Å². The van der Waals surface area contributed by atoms with E-state index in [1.54, 1.807) is 6.92 Å². The van der Waals surface area contributed by atoms with Crippen LogP contribution in [-0.2, 0) is 14.9 Å². The second-order valence-corrected chi connectivity index (χ2v) is 16.6. The molecule has 1 heterocycles. The number of likely N-dealkylation sites (tertiary alicyclic amines) is 1. The molecule has 1 aliphatic heterocycles. The first-order valence-corrected chi connectivity index (χ1v) is 21.0. The van der Waals surface area contributed by atoms with E-state index in [0.717, 1.165) is 53.6 Å². The van der Waals surface area contributed by atoms with Gasteiger partial charge in [0.2, 0.25) is 5.91 Å². The maximum absolute atomic E-state index is 12.9. The summed E-state index contributed by atoms with van der Waals surface area (Å²) < 4.78 is 7.38. The minimum atomic E-state index is -0.814. The number of halogens is 3. The van der Waals surface area contributed by atoms with Crippen LogP contribution in [0.25, 0.3) is 0 Å². The summed E-state index contributed by atoms with van der Waals surface area (Å²) in [4.78, 5) is 15.3. The SMILES string of the molecule is CC(C)[N+](C)(CCC(C(N)=O)(c1ccccc1)c1ccccc1)C(C)C.CN1CCC(OC(c2ccccc2)c2ccccc2)CC1.C[C@H](N)[C@H](O)c1ccccc1.Cl.Cl.[I-]. The van der Waals surface area contributed by atoms with E-state index in [9.17, 15) is 9.90 Å². The third-order valence-electron chi connectivity index (χ3n) is 12.1. The zero-order valence-electron chi connectivity index (χ0n) is 37.1. The van der Waals surface area contributed by atoms with Gasteiger partial charge in [-0.15, -0.1) is 24.8 Å². The second-order valence-electron chi connectivity index (χ2n) is 16.6. The number of rotatable bonds is 14. The normalized spacial score (nSPS) is 14.2. The van der Waals surface area contributed by atoms with Crippen LogP contribution in [0.5, 0.6) is 0 Å². The van der Waals surface area contributed by atoms with Crippen molar-refractivity contribution >= 4 is 30.7 Å². The van der Waals surface area contributed by atoms with Gasteiger partial charge >= 0.3 is 0 Å². The van der Waals surface area contributed by atoms with Crippen molar-refractivity contribution in [3.8, 4) is 0 Å². The lowest BCUT2D eigenvalue weighted by molar-refractivity contribution is -0.949. The molecule has 1 saturated heterocycles. The Morgan fingerprint density at radius 1 is 0.689 bits per heavy atom. The fourth-order valence-electron chi connectivity index (χ4n) is 7.70. The van der Waals surface area contributed by atoms with E-state index in [1.807, 2.05) is 91.0 Å². The molecule has 2 atom stereocenters. The first kappa shape index (κ1) is 55.7. The molecule has 6 rings (SSSR count). The summed E-state index contributed by atoms with van der Waals surface area (Å²) >= 11 is 0. The van der Waals surface area contributed by atoms with Crippen molar-refractivity contribution in [3.63, 3.8) is 0 Å². The summed E-state index contributed by atoms with van der Waals surface area (Å²) in [6.45, 7) is 13.9. The molecule has 0 aliphatic carbocycles. The van der Waals surface area contributed by atoms with Crippen LogP contribution in [0.2, 0.25) is 0 Å². The zero-order chi connectivity index (χ0) is 42.1. The van der Waals surface area contributed by atoms with Crippen LogP contribution < -0.4 is 35.4 Å². The van der Waals surface area contributed by atoms with Gasteiger partial charge < -0.3 is 54.7 Å². The fourth-order valence-corrected chi connectivity index (χ4v) is 7.70. The van der Waals surface area contributed by atoms with Crippen LogP contribution >= 0.6 is 24.8 Å². The Balaban J connectivity index is 0.000000478. The number of nitrogens with two attached hydrogens (primary N) is 2. The predicted molar refractivity (Wildman–Crippen MR) is 255 cm³/mol. The summed E-state index contributed by atoms with van der Waals surface area (Å²) in [5, 5.41) is 9.47. The molecule has 1 amide bonds. The second kappa shape index (κ2) is 27.7. The third-order valence-corrected chi connectivity index (χ3v) is 12.1. The van der Waals surface area contributed by atoms with E-state index in [2.05, 4.69) is 107 Å². The highest BCUT2D eigenvalue weighted by molar-refractivity contribution is 5.90. The monoisotopic (exact) mass is 984 g/mol. The summed E-state index contributed by atoms with van der Waals surface area (Å²) in [6, 6.07) is 51.2. The summed E-state index contributed by atoms with van der Waals surface area (Å²) in [7, 11) is 4.46. The number of carbonyl (C=O) groups is 1.